The zero-order valence-corrected chi connectivity index (χ0v) is 14.8. The van der Waals surface area contributed by atoms with Gasteiger partial charge >= 0.3 is 0 Å². The van der Waals surface area contributed by atoms with Gasteiger partial charge in [0.2, 0.25) is 5.78 Å². The molecule has 27 heavy (non-hydrogen) atoms. The molecule has 4 heteroatoms. The molecule has 0 spiro atoms. The van der Waals surface area contributed by atoms with Gasteiger partial charge in [-0.15, -0.1) is 0 Å². The van der Waals surface area contributed by atoms with Crippen LogP contribution in [0.1, 0.15) is 16.2 Å². The second kappa shape index (κ2) is 7.30. The summed E-state index contributed by atoms with van der Waals surface area (Å²) >= 11 is 0. The maximum Gasteiger partial charge on any atom is 0.202 e. The summed E-state index contributed by atoms with van der Waals surface area (Å²) in [5.41, 5.74) is 4.17. The van der Waals surface area contributed by atoms with Gasteiger partial charge in [-0.1, -0.05) is 30.3 Å². The Morgan fingerprint density at radius 1 is 1.04 bits per heavy atom. The zero-order valence-electron chi connectivity index (χ0n) is 14.8. The van der Waals surface area contributed by atoms with Gasteiger partial charge in [-0.3, -0.25) is 4.79 Å². The number of aromatic amines is 1. The number of methoxy groups -OCH3 is 1. The van der Waals surface area contributed by atoms with Gasteiger partial charge in [0.25, 0.3) is 0 Å². The van der Waals surface area contributed by atoms with Crippen molar-refractivity contribution in [2.24, 2.45) is 0 Å². The second-order valence-electron chi connectivity index (χ2n) is 6.12. The van der Waals surface area contributed by atoms with Crippen molar-refractivity contribution in [1.82, 2.24) is 9.97 Å². The lowest BCUT2D eigenvalue weighted by Gasteiger charge is -2.09. The van der Waals surface area contributed by atoms with Crippen molar-refractivity contribution in [2.45, 2.75) is 0 Å². The minimum Gasteiger partial charge on any atom is -0.497 e. The minimum absolute atomic E-state index is 0.0874. The lowest BCUT2D eigenvalue weighted by molar-refractivity contribution is 0.104. The summed E-state index contributed by atoms with van der Waals surface area (Å²) in [5.74, 6) is 0.710. The molecule has 4 aromatic rings. The maximum absolute atomic E-state index is 12.3. The minimum atomic E-state index is -0.0874. The number of fused-ring (bicyclic) bond motifs is 1. The first kappa shape index (κ1) is 16.8. The summed E-state index contributed by atoms with van der Waals surface area (Å²) in [4.78, 5) is 20.0. The Balaban J connectivity index is 1.80. The van der Waals surface area contributed by atoms with E-state index in [-0.39, 0.29) is 5.78 Å². The Kier molecular flexibility index (Phi) is 4.54. The number of hydrogen-bond donors (Lipinski definition) is 1. The summed E-state index contributed by atoms with van der Waals surface area (Å²) in [6.45, 7) is 0. The SMILES string of the molecule is COc1ccc(-c2cc3ccccc3nc2/C=C/C(=O)c2ccc[nH]2)cc1. The number of nitrogens with zero attached hydrogens (tertiary/aromatic N) is 1. The Labute approximate surface area is 157 Å². The number of carbonyl (C=O) groups is 1. The molecule has 0 bridgehead atoms. The number of para-hydroxylation sites is 1. The molecule has 2 aromatic heterocycles. The molecule has 0 aliphatic rings. The standard InChI is InChI=1S/C23H18N2O2/c1-27-18-10-8-16(9-11-18)19-15-17-5-2-3-6-20(17)25-21(19)12-13-23(26)22-7-4-14-24-22/h2-15,24H,1H3/b13-12+. The highest BCUT2D eigenvalue weighted by Gasteiger charge is 2.09. The average Bonchev–Trinajstić information content (AvgIpc) is 3.26. The second-order valence-corrected chi connectivity index (χ2v) is 6.12. The van der Waals surface area contributed by atoms with Crippen molar-refractivity contribution < 1.29 is 9.53 Å². The van der Waals surface area contributed by atoms with Crippen molar-refractivity contribution in [1.29, 1.82) is 0 Å². The monoisotopic (exact) mass is 354 g/mol. The topological polar surface area (TPSA) is 55.0 Å². The highest BCUT2D eigenvalue weighted by atomic mass is 16.5. The van der Waals surface area contributed by atoms with Crippen molar-refractivity contribution in [3.63, 3.8) is 0 Å². The largest absolute Gasteiger partial charge is 0.497 e. The van der Waals surface area contributed by atoms with Crippen LogP contribution in [-0.4, -0.2) is 22.9 Å². The summed E-state index contributed by atoms with van der Waals surface area (Å²) in [6.07, 6.45) is 5.06. The maximum atomic E-state index is 12.3. The van der Waals surface area contributed by atoms with Gasteiger partial charge < -0.3 is 9.72 Å². The summed E-state index contributed by atoms with van der Waals surface area (Å²) in [5, 5.41) is 1.05. The predicted octanol–water partition coefficient (Wildman–Crippen LogP) is 5.13. The van der Waals surface area contributed by atoms with Crippen LogP contribution in [0.5, 0.6) is 5.75 Å². The summed E-state index contributed by atoms with van der Waals surface area (Å²) < 4.78 is 5.25. The number of hydrogen-bond acceptors (Lipinski definition) is 3. The Morgan fingerprint density at radius 2 is 1.85 bits per heavy atom. The Morgan fingerprint density at radius 3 is 2.59 bits per heavy atom. The van der Waals surface area contributed by atoms with Crippen molar-refractivity contribution >= 4 is 22.8 Å². The number of allylic oxidation sites excluding steroid dienone is 1. The Bertz CT molecular complexity index is 1110. The van der Waals surface area contributed by atoms with Crippen LogP contribution in [0, 0.1) is 0 Å². The third-order valence-electron chi connectivity index (χ3n) is 4.41. The predicted molar refractivity (Wildman–Crippen MR) is 108 cm³/mol. The van der Waals surface area contributed by atoms with E-state index in [1.54, 1.807) is 37.6 Å². The fraction of sp³-hybridized carbons (Fsp3) is 0.0435. The van der Waals surface area contributed by atoms with Crippen LogP contribution in [0.25, 0.3) is 28.1 Å². The van der Waals surface area contributed by atoms with Crippen molar-refractivity contribution in [2.75, 3.05) is 7.11 Å². The lowest BCUT2D eigenvalue weighted by atomic mass is 10.0. The molecule has 0 saturated carbocycles. The number of H-pyrrole nitrogens is 1. The van der Waals surface area contributed by atoms with Crippen LogP contribution in [0.15, 0.2) is 79.0 Å². The molecule has 0 aliphatic heterocycles. The normalized spacial score (nSPS) is 11.1. The van der Waals surface area contributed by atoms with Gasteiger partial charge in [0.1, 0.15) is 5.75 Å². The van der Waals surface area contributed by atoms with Gasteiger partial charge in [-0.25, -0.2) is 4.98 Å². The number of ketones is 1. The van der Waals surface area contributed by atoms with Gasteiger partial charge in [-0.2, -0.15) is 0 Å². The molecule has 4 rings (SSSR count). The third kappa shape index (κ3) is 3.51. The molecule has 0 atom stereocenters. The van der Waals surface area contributed by atoms with Gasteiger partial charge in [0.15, 0.2) is 0 Å². The molecule has 0 saturated heterocycles. The smallest absolute Gasteiger partial charge is 0.202 e. The highest BCUT2D eigenvalue weighted by Crippen LogP contribution is 2.29. The van der Waals surface area contributed by atoms with E-state index in [4.69, 9.17) is 9.72 Å². The first-order chi connectivity index (χ1) is 13.2. The number of ether oxygens (including phenoxy) is 1. The van der Waals surface area contributed by atoms with E-state index in [1.165, 1.54) is 0 Å². The number of carbonyl (C=O) groups excluding carboxylic acids is 1. The number of rotatable bonds is 5. The molecule has 0 amide bonds. The fourth-order valence-corrected chi connectivity index (χ4v) is 2.99. The van der Waals surface area contributed by atoms with E-state index in [1.807, 2.05) is 48.5 Å². The van der Waals surface area contributed by atoms with E-state index in [9.17, 15) is 4.79 Å². The molecule has 0 unspecified atom stereocenters. The number of benzene rings is 2. The third-order valence-corrected chi connectivity index (χ3v) is 4.41. The molecule has 4 nitrogen and oxygen atoms in total. The molecular weight excluding hydrogens is 336 g/mol. The number of aromatic nitrogens is 2. The van der Waals surface area contributed by atoms with Crippen LogP contribution >= 0.6 is 0 Å². The number of pyridine rings is 1. The molecule has 132 valence electrons. The Hall–Kier alpha value is -3.66. The van der Waals surface area contributed by atoms with Crippen molar-refractivity contribution in [3.05, 3.63) is 90.4 Å². The molecule has 0 radical (unpaired) electrons. The molecule has 1 N–H and O–H groups in total. The average molecular weight is 354 g/mol. The molecule has 2 heterocycles. The summed E-state index contributed by atoms with van der Waals surface area (Å²) in [6, 6.07) is 21.4. The zero-order chi connectivity index (χ0) is 18.6. The highest BCUT2D eigenvalue weighted by molar-refractivity contribution is 6.06. The van der Waals surface area contributed by atoms with Crippen LogP contribution in [0.3, 0.4) is 0 Å². The van der Waals surface area contributed by atoms with Gasteiger partial charge in [-0.05, 0) is 54.1 Å². The van der Waals surface area contributed by atoms with Gasteiger partial charge in [0, 0.05) is 17.1 Å². The lowest BCUT2D eigenvalue weighted by Crippen LogP contribution is -1.95. The van der Waals surface area contributed by atoms with Crippen LogP contribution < -0.4 is 4.74 Å². The van der Waals surface area contributed by atoms with Crippen LogP contribution in [0.2, 0.25) is 0 Å². The van der Waals surface area contributed by atoms with E-state index >= 15 is 0 Å². The van der Waals surface area contributed by atoms with Gasteiger partial charge in [0.05, 0.1) is 24.0 Å². The van der Waals surface area contributed by atoms with Crippen LogP contribution in [0.4, 0.5) is 0 Å². The molecule has 0 fully saturated rings. The van der Waals surface area contributed by atoms with E-state index < -0.39 is 0 Å². The van der Waals surface area contributed by atoms with E-state index in [0.29, 0.717) is 5.69 Å². The van der Waals surface area contributed by atoms with Crippen LogP contribution in [-0.2, 0) is 0 Å². The quantitative estimate of drug-likeness (QED) is 0.399. The first-order valence-electron chi connectivity index (χ1n) is 8.64. The molecular formula is C23H18N2O2. The van der Waals surface area contributed by atoms with E-state index in [0.717, 1.165) is 33.5 Å². The fourth-order valence-electron chi connectivity index (χ4n) is 2.99. The van der Waals surface area contributed by atoms with E-state index in [2.05, 4.69) is 11.1 Å². The van der Waals surface area contributed by atoms with Crippen molar-refractivity contribution in [3.8, 4) is 16.9 Å². The first-order valence-corrected chi connectivity index (χ1v) is 8.64. The molecule has 2 aromatic carbocycles. The summed E-state index contributed by atoms with van der Waals surface area (Å²) in [7, 11) is 1.65. The number of nitrogens with one attached hydrogen (secondary N) is 1. The molecule has 0 aliphatic carbocycles.